The van der Waals surface area contributed by atoms with E-state index < -0.39 is 13.1 Å². The number of benzene rings is 6. The van der Waals surface area contributed by atoms with Gasteiger partial charge >= 0.3 is 21.7 Å². The van der Waals surface area contributed by atoms with Crippen LogP contribution in [-0.2, 0) is 41.0 Å². The van der Waals surface area contributed by atoms with E-state index in [4.69, 9.17) is 0 Å². The summed E-state index contributed by atoms with van der Waals surface area (Å²) in [6.07, 6.45) is 5.42. The molecule has 1 unspecified atom stereocenters. The van der Waals surface area contributed by atoms with Crippen LogP contribution >= 0.6 is 0 Å². The van der Waals surface area contributed by atoms with Crippen LogP contribution in [0.5, 0.6) is 0 Å². The second-order valence-corrected chi connectivity index (χ2v) is 18.6. The van der Waals surface area contributed by atoms with Crippen LogP contribution in [0.2, 0.25) is 5.04 Å². The fraction of sp³-hybridized carbons (Fsp3) is 0.167. The number of hydrogen-bond donors (Lipinski definition) is 0. The quantitative estimate of drug-likeness (QED) is 0.111. The molecule has 1 aliphatic carbocycles. The Morgan fingerprint density at radius 3 is 1.04 bits per heavy atom. The molecule has 0 aromatic heterocycles. The predicted octanol–water partition coefficient (Wildman–Crippen LogP) is 1.22. The summed E-state index contributed by atoms with van der Waals surface area (Å²) in [5, 5.41) is 1.43. The van der Waals surface area contributed by atoms with Gasteiger partial charge in [0.05, 0.1) is 0 Å². The molecule has 0 saturated heterocycles. The van der Waals surface area contributed by atoms with Gasteiger partial charge in [0, 0.05) is 0 Å². The van der Waals surface area contributed by atoms with E-state index in [-0.39, 0.29) is 76.4 Å². The van der Waals surface area contributed by atoms with Crippen molar-refractivity contribution in [2.24, 2.45) is 0 Å². The Bertz CT molecular complexity index is 2100. The van der Waals surface area contributed by atoms with Crippen molar-refractivity contribution in [2.75, 3.05) is 0 Å². The third-order valence-electron chi connectivity index (χ3n) is 11.0. The zero-order chi connectivity index (χ0) is 36.5. The van der Waals surface area contributed by atoms with E-state index in [0.29, 0.717) is 19.3 Å². The van der Waals surface area contributed by atoms with Gasteiger partial charge in [-0.25, -0.2) is 18.7 Å². The van der Waals surface area contributed by atoms with Crippen molar-refractivity contribution in [3.8, 4) is 0 Å². The summed E-state index contributed by atoms with van der Waals surface area (Å²) < 4.78 is 48.8. The van der Waals surface area contributed by atoms with Crippen LogP contribution in [-0.4, -0.2) is 8.07 Å². The monoisotopic (exact) mass is 856 g/mol. The van der Waals surface area contributed by atoms with Crippen LogP contribution in [0.1, 0.15) is 61.1 Å². The van der Waals surface area contributed by atoms with E-state index in [0.717, 1.165) is 65.7 Å². The molecule has 56 heavy (non-hydrogen) atoms. The van der Waals surface area contributed by atoms with Crippen molar-refractivity contribution in [2.45, 2.75) is 52.0 Å². The van der Waals surface area contributed by atoms with Gasteiger partial charge < -0.3 is 37.2 Å². The van der Waals surface area contributed by atoms with E-state index in [1.54, 1.807) is 36.4 Å². The summed E-state index contributed by atoms with van der Waals surface area (Å²) >= 11 is 0. The number of allylic oxidation sites excluding steroid dienone is 4. The zero-order valence-corrected chi connectivity index (χ0v) is 36.6. The first kappa shape index (κ1) is 46.8. The summed E-state index contributed by atoms with van der Waals surface area (Å²) in [6, 6.07) is 45.9. The van der Waals surface area contributed by atoms with Gasteiger partial charge in [0.25, 0.3) is 0 Å². The number of hydrogen-bond acceptors (Lipinski definition) is 0. The van der Waals surface area contributed by atoms with E-state index in [2.05, 4.69) is 52.0 Å². The Kier molecular flexibility index (Phi) is 16.5. The molecule has 0 saturated carbocycles. The van der Waals surface area contributed by atoms with Gasteiger partial charge in [-0.05, 0) is 105 Å². The minimum absolute atomic E-state index is 0. The van der Waals surface area contributed by atoms with Crippen molar-refractivity contribution in [1.29, 1.82) is 0 Å². The minimum atomic E-state index is -3.71. The summed E-state index contributed by atoms with van der Waals surface area (Å²) in [7, 11) is -3.71. The molecule has 6 aromatic rings. The fourth-order valence-corrected chi connectivity index (χ4v) is 14.5. The van der Waals surface area contributed by atoms with E-state index in [1.807, 2.05) is 91.0 Å². The Hall–Kier alpha value is -3.61. The van der Waals surface area contributed by atoms with Crippen LogP contribution in [0.25, 0.3) is 0 Å². The second kappa shape index (κ2) is 19.7. The standard InChI is InChI=1S/C48H42F3Si.3ClH.Ti/c1-33-32-48(4,35(3)34(33)2)52(45-26-39(23-42(49)29-45)20-36-14-8-5-9-15-36,46-27-40(24-43(50)30-46)21-37-16-10-6-11-17-37)47-28-41(25-44(51)31-47)22-38-18-12-7-13-19-38;;;;/h5-19,23-31H,20-22H2,1-4H3;3*1H;/q-1;;;;+4/p-3. The van der Waals surface area contributed by atoms with Gasteiger partial charge in [-0.2, -0.15) is 11.1 Å². The third-order valence-corrected chi connectivity index (χ3v) is 16.5. The van der Waals surface area contributed by atoms with Crippen molar-refractivity contribution in [1.82, 2.24) is 0 Å². The molecular weight excluding hydrogens is 816 g/mol. The van der Waals surface area contributed by atoms with Gasteiger partial charge in [0.2, 0.25) is 0 Å². The molecule has 7 rings (SSSR count). The maximum atomic E-state index is 16.3. The van der Waals surface area contributed by atoms with Crippen molar-refractivity contribution in [3.63, 3.8) is 0 Å². The van der Waals surface area contributed by atoms with Crippen LogP contribution in [0.3, 0.4) is 0 Å². The summed E-state index contributed by atoms with van der Waals surface area (Å²) in [4.78, 5) is 0. The van der Waals surface area contributed by atoms with E-state index in [9.17, 15) is 0 Å². The Morgan fingerprint density at radius 2 is 0.768 bits per heavy atom. The molecule has 1 aliphatic rings. The summed E-state index contributed by atoms with van der Waals surface area (Å²) in [5.41, 5.74) is 8.76. The average Bonchev–Trinajstić information content (AvgIpc) is 3.31. The van der Waals surface area contributed by atoms with Gasteiger partial charge in [0.15, 0.2) is 0 Å². The zero-order valence-electron chi connectivity index (χ0n) is 31.7. The maximum absolute atomic E-state index is 16.3. The average molecular weight is 858 g/mol. The molecule has 0 bridgehead atoms. The number of rotatable bonds is 10. The fourth-order valence-electron chi connectivity index (χ4n) is 8.36. The second-order valence-electron chi connectivity index (χ2n) is 14.4. The van der Waals surface area contributed by atoms with Crippen molar-refractivity contribution in [3.05, 3.63) is 219 Å². The molecular formula is C48H42Cl3F3SiTi. The molecule has 0 radical (unpaired) electrons. The summed E-state index contributed by atoms with van der Waals surface area (Å²) in [6.45, 7) is 8.40. The molecule has 0 amide bonds. The van der Waals surface area contributed by atoms with Crippen LogP contribution < -0.4 is 52.8 Å². The third kappa shape index (κ3) is 9.39. The molecule has 0 spiro atoms. The molecule has 0 aliphatic heterocycles. The van der Waals surface area contributed by atoms with Gasteiger partial charge in [0.1, 0.15) is 25.5 Å². The van der Waals surface area contributed by atoms with E-state index in [1.165, 1.54) is 0 Å². The Labute approximate surface area is 364 Å². The van der Waals surface area contributed by atoms with Crippen molar-refractivity contribution >= 4 is 23.6 Å². The molecule has 8 heteroatoms. The maximum Gasteiger partial charge on any atom is 4.00 e. The molecule has 0 nitrogen and oxygen atoms in total. The molecule has 6 aromatic carbocycles. The molecule has 0 heterocycles. The smallest absolute Gasteiger partial charge is 1.00 e. The molecule has 0 fully saturated rings. The first-order chi connectivity index (χ1) is 25.0. The van der Waals surface area contributed by atoms with Gasteiger partial charge in [-0.1, -0.05) is 135 Å². The largest absolute Gasteiger partial charge is 4.00 e. The predicted molar refractivity (Wildman–Crippen MR) is 211 cm³/mol. The van der Waals surface area contributed by atoms with Crippen LogP contribution in [0.15, 0.2) is 162 Å². The van der Waals surface area contributed by atoms with Gasteiger partial charge in [-0.15, -0.1) is 6.92 Å². The van der Waals surface area contributed by atoms with E-state index >= 15 is 13.2 Å². The normalized spacial score (nSPS) is 14.8. The van der Waals surface area contributed by atoms with Crippen LogP contribution in [0, 0.1) is 23.5 Å². The Morgan fingerprint density at radius 1 is 0.464 bits per heavy atom. The first-order valence-electron chi connectivity index (χ1n) is 17.9. The minimum Gasteiger partial charge on any atom is -1.00 e. The summed E-state index contributed by atoms with van der Waals surface area (Å²) in [5.74, 6) is -1.12. The number of halogens is 6. The first-order valence-corrected chi connectivity index (χ1v) is 19.9. The SMILES string of the molecule is CC1=[C-]C(C)([Si](c2cc(F)cc(Cc3ccccc3)c2)(c2cc(F)cc(Cc3ccccc3)c2)c2cc(F)cc(Cc3ccccc3)c2)C(C)=C1C.[Cl-].[Cl-].[Cl-].[Ti+4]. The Balaban J connectivity index is 0.00000210. The van der Waals surface area contributed by atoms with Crippen LogP contribution in [0.4, 0.5) is 13.2 Å². The topological polar surface area (TPSA) is 0 Å². The molecule has 0 N–H and O–H groups in total. The molecule has 284 valence electrons. The van der Waals surface area contributed by atoms with Gasteiger partial charge in [-0.3, -0.25) is 6.08 Å². The van der Waals surface area contributed by atoms with Crippen molar-refractivity contribution < 1.29 is 72.1 Å². The molecule has 1 atom stereocenters.